The molecule has 1 amide bonds. The Balaban J connectivity index is 1.49. The summed E-state index contributed by atoms with van der Waals surface area (Å²) in [7, 11) is 5.43. The summed E-state index contributed by atoms with van der Waals surface area (Å²) in [6.45, 7) is 5.67. The zero-order valence-corrected chi connectivity index (χ0v) is 26.6. The highest BCUT2D eigenvalue weighted by atomic mass is 32.1. The van der Waals surface area contributed by atoms with Crippen LogP contribution in [-0.2, 0) is 9.53 Å². The summed E-state index contributed by atoms with van der Waals surface area (Å²) < 4.78 is 43.2. The van der Waals surface area contributed by atoms with Gasteiger partial charge in [0, 0.05) is 43.9 Å². The molecular formula is C32H34F2N8O3S. The highest BCUT2D eigenvalue weighted by Gasteiger charge is 2.40. The minimum atomic E-state index is -0.776. The molecule has 0 spiro atoms. The average molecular weight is 649 g/mol. The molecule has 6 rings (SSSR count). The van der Waals surface area contributed by atoms with E-state index in [4.69, 9.17) is 20.2 Å². The Bertz CT molecular complexity index is 1880. The van der Waals surface area contributed by atoms with Gasteiger partial charge in [0.05, 0.1) is 34.3 Å². The number of ether oxygens (including phenoxy) is 2. The van der Waals surface area contributed by atoms with Crippen molar-refractivity contribution < 1.29 is 23.0 Å². The fourth-order valence-electron chi connectivity index (χ4n) is 6.61. The lowest BCUT2D eigenvalue weighted by atomic mass is 10.0. The highest BCUT2D eigenvalue weighted by Crippen LogP contribution is 2.42. The third-order valence-electron chi connectivity index (χ3n) is 9.04. The molecule has 11 nitrogen and oxygen atoms in total. The van der Waals surface area contributed by atoms with Crippen molar-refractivity contribution in [3.05, 3.63) is 48.2 Å². The van der Waals surface area contributed by atoms with Crippen LogP contribution in [0.1, 0.15) is 24.8 Å². The first kappa shape index (κ1) is 31.5. The molecule has 4 aromatic rings. The Morgan fingerprint density at radius 1 is 1.28 bits per heavy atom. The predicted octanol–water partition coefficient (Wildman–Crippen LogP) is 4.35. The van der Waals surface area contributed by atoms with E-state index in [2.05, 4.69) is 21.4 Å². The minimum absolute atomic E-state index is 0.00671. The van der Waals surface area contributed by atoms with Crippen LogP contribution in [0.5, 0.6) is 6.01 Å². The molecule has 14 heteroatoms. The van der Waals surface area contributed by atoms with Gasteiger partial charge in [-0.3, -0.25) is 9.78 Å². The Morgan fingerprint density at radius 2 is 2.09 bits per heavy atom. The second kappa shape index (κ2) is 12.7. The fraction of sp³-hybridized carbons (Fsp3) is 0.406. The average Bonchev–Trinajstić information content (AvgIpc) is 3.76. The highest BCUT2D eigenvalue weighted by molar-refractivity contribution is 7.23. The van der Waals surface area contributed by atoms with Gasteiger partial charge in [-0.05, 0) is 51.1 Å². The number of methoxy groups -OCH3 is 1. The number of carbonyl (C=O) groups is 1. The van der Waals surface area contributed by atoms with Crippen LogP contribution in [0.4, 0.5) is 19.6 Å². The zero-order chi connectivity index (χ0) is 32.7. The van der Waals surface area contributed by atoms with E-state index in [9.17, 15) is 14.4 Å². The van der Waals surface area contributed by atoms with E-state index in [-0.39, 0.29) is 74.1 Å². The summed E-state index contributed by atoms with van der Waals surface area (Å²) in [5.74, 6) is -1.17. The van der Waals surface area contributed by atoms with Crippen molar-refractivity contribution in [3.63, 3.8) is 0 Å². The number of hydrogen-bond donors (Lipinski definition) is 1. The molecule has 0 aliphatic carbocycles. The van der Waals surface area contributed by atoms with Crippen molar-refractivity contribution in [1.82, 2.24) is 24.8 Å². The van der Waals surface area contributed by atoms with Gasteiger partial charge in [0.2, 0.25) is 5.91 Å². The number of likely N-dealkylation sites (tertiary alicyclic amines) is 2. The molecule has 2 aliphatic rings. The molecule has 2 N–H and O–H groups in total. The van der Waals surface area contributed by atoms with Crippen LogP contribution in [0.15, 0.2) is 31.0 Å². The first-order chi connectivity index (χ1) is 22.2. The summed E-state index contributed by atoms with van der Waals surface area (Å²) >= 11 is 0.927. The number of thiophene rings is 1. The van der Waals surface area contributed by atoms with Crippen molar-refractivity contribution >= 4 is 49.1 Å². The Morgan fingerprint density at radius 3 is 2.78 bits per heavy atom. The van der Waals surface area contributed by atoms with Crippen molar-refractivity contribution in [1.29, 1.82) is 5.26 Å². The van der Waals surface area contributed by atoms with Crippen LogP contribution in [0, 0.1) is 23.0 Å². The van der Waals surface area contributed by atoms with E-state index in [1.807, 2.05) is 25.1 Å². The van der Waals surface area contributed by atoms with Gasteiger partial charge in [-0.1, -0.05) is 6.58 Å². The lowest BCUT2D eigenvalue weighted by Crippen LogP contribution is -2.48. The maximum absolute atomic E-state index is 16.7. The summed E-state index contributed by atoms with van der Waals surface area (Å²) in [6.07, 6.45) is 5.36. The van der Waals surface area contributed by atoms with E-state index in [0.29, 0.717) is 30.8 Å². The molecule has 2 saturated heterocycles. The molecular weight excluding hydrogens is 614 g/mol. The largest absolute Gasteiger partial charge is 0.462 e. The number of nitrogen functional groups attached to an aromatic ring is 1. The first-order valence-electron chi connectivity index (χ1n) is 14.9. The van der Waals surface area contributed by atoms with Crippen molar-refractivity contribution in [2.24, 2.45) is 0 Å². The number of rotatable bonds is 9. The smallest absolute Gasteiger partial charge is 0.319 e. The topological polar surface area (TPSA) is 134 Å². The number of amides is 1. The molecule has 5 heterocycles. The Hall–Kier alpha value is -4.45. The van der Waals surface area contributed by atoms with E-state index < -0.39 is 11.6 Å². The van der Waals surface area contributed by atoms with Crippen LogP contribution in [-0.4, -0.2) is 96.3 Å². The van der Waals surface area contributed by atoms with Gasteiger partial charge in [0.15, 0.2) is 5.82 Å². The van der Waals surface area contributed by atoms with E-state index >= 15 is 4.39 Å². The second-order valence-corrected chi connectivity index (χ2v) is 12.6. The van der Waals surface area contributed by atoms with Gasteiger partial charge in [0.1, 0.15) is 40.5 Å². The maximum Gasteiger partial charge on any atom is 0.319 e. The third kappa shape index (κ3) is 5.38. The number of benzene rings is 1. The number of halogens is 2. The van der Waals surface area contributed by atoms with Gasteiger partial charge in [0.25, 0.3) is 0 Å². The number of hydrogen-bond acceptors (Lipinski definition) is 11. The molecule has 1 aromatic carbocycles. The molecule has 0 bridgehead atoms. The molecule has 0 radical (unpaired) electrons. The molecule has 1 unspecified atom stereocenters. The number of nitriles is 1. The SMILES string of the molecule is C=CC(=O)N1CCC(N(C)c2nc(OC[C@@H]3CCCN3C)nc3c(F)c(-c4ccc(F)c5sc(N)c(C#N)c45)ncc23)[C@H]1COC. The molecule has 2 aliphatic heterocycles. The number of carbonyl (C=O) groups excluding carboxylic acids is 1. The van der Waals surface area contributed by atoms with Crippen LogP contribution < -0.4 is 15.4 Å². The zero-order valence-electron chi connectivity index (χ0n) is 25.8. The monoisotopic (exact) mass is 648 g/mol. The van der Waals surface area contributed by atoms with Crippen molar-refractivity contribution in [2.75, 3.05) is 58.1 Å². The van der Waals surface area contributed by atoms with E-state index in [0.717, 1.165) is 30.7 Å². The molecule has 46 heavy (non-hydrogen) atoms. The van der Waals surface area contributed by atoms with Crippen LogP contribution in [0.2, 0.25) is 0 Å². The van der Waals surface area contributed by atoms with Gasteiger partial charge in [-0.2, -0.15) is 15.2 Å². The summed E-state index contributed by atoms with van der Waals surface area (Å²) in [6, 6.07) is 4.22. The number of aromatic nitrogens is 3. The predicted molar refractivity (Wildman–Crippen MR) is 173 cm³/mol. The van der Waals surface area contributed by atoms with Crippen molar-refractivity contribution in [2.45, 2.75) is 37.4 Å². The number of fused-ring (bicyclic) bond motifs is 2. The number of likely N-dealkylation sites (N-methyl/N-ethyl adjacent to an activating group) is 2. The van der Waals surface area contributed by atoms with E-state index in [1.165, 1.54) is 24.4 Å². The Kier molecular flexibility index (Phi) is 8.73. The van der Waals surface area contributed by atoms with Gasteiger partial charge < -0.3 is 29.9 Å². The summed E-state index contributed by atoms with van der Waals surface area (Å²) in [5, 5.41) is 10.5. The van der Waals surface area contributed by atoms with Crippen molar-refractivity contribution in [3.8, 4) is 23.3 Å². The van der Waals surface area contributed by atoms with Gasteiger partial charge in [-0.25, -0.2) is 8.78 Å². The Labute approximate surface area is 268 Å². The van der Waals surface area contributed by atoms with E-state index in [1.54, 1.807) is 12.0 Å². The molecule has 2 fully saturated rings. The van der Waals surface area contributed by atoms with Crippen LogP contribution in [0.3, 0.4) is 0 Å². The molecule has 3 aromatic heterocycles. The lowest BCUT2D eigenvalue weighted by Gasteiger charge is -2.33. The first-order valence-corrected chi connectivity index (χ1v) is 15.7. The summed E-state index contributed by atoms with van der Waals surface area (Å²) in [5.41, 5.74) is 6.16. The fourth-order valence-corrected chi connectivity index (χ4v) is 7.56. The molecule has 240 valence electrons. The van der Waals surface area contributed by atoms with Gasteiger partial charge in [-0.15, -0.1) is 11.3 Å². The lowest BCUT2D eigenvalue weighted by molar-refractivity contribution is -0.127. The number of nitrogens with zero attached hydrogens (tertiary/aromatic N) is 7. The molecule has 0 saturated carbocycles. The standard InChI is InChI=1S/C32H34F2N8O3S/c1-5-24(43)42-12-10-22(23(42)16-44-4)41(3)31-20-14-37-27(18-8-9-21(33)29-25(18)19(13-35)30(36)46-29)26(34)28(20)38-32(39-31)45-15-17-7-6-11-40(17)2/h5,8-9,14,17,22-23H,1,6-7,10-12,15-16,36H2,2-4H3/t17-,22?,23+/m0/s1. The normalized spacial score (nSPS) is 20.0. The number of anilines is 2. The second-order valence-electron chi connectivity index (χ2n) is 11.6. The van der Waals surface area contributed by atoms with Gasteiger partial charge >= 0.3 is 6.01 Å². The maximum atomic E-state index is 16.7. The minimum Gasteiger partial charge on any atom is -0.462 e. The van der Waals surface area contributed by atoms with Crippen LogP contribution in [0.25, 0.3) is 32.2 Å². The van der Waals surface area contributed by atoms with Crippen LogP contribution >= 0.6 is 11.3 Å². The summed E-state index contributed by atoms with van der Waals surface area (Å²) in [4.78, 5) is 32.2. The molecule has 3 atom stereocenters. The number of pyridine rings is 1. The quantitative estimate of drug-likeness (QED) is 0.261. The number of nitrogens with two attached hydrogens (primary N) is 1. The third-order valence-corrected chi connectivity index (χ3v) is 10.1.